The highest BCUT2D eigenvalue weighted by atomic mass is 79.9. The van der Waals surface area contributed by atoms with Crippen LogP contribution in [0.3, 0.4) is 0 Å². The van der Waals surface area contributed by atoms with E-state index in [0.717, 1.165) is 27.9 Å². The summed E-state index contributed by atoms with van der Waals surface area (Å²) in [5.74, 6) is 0.00500. The van der Waals surface area contributed by atoms with Gasteiger partial charge in [-0.05, 0) is 61.6 Å². The maximum Gasteiger partial charge on any atom is 0.265 e. The van der Waals surface area contributed by atoms with Crippen LogP contribution in [-0.2, 0) is 12.8 Å². The van der Waals surface area contributed by atoms with Crippen LogP contribution < -0.4 is 5.32 Å². The topological polar surface area (TPSA) is 29.1 Å². The third kappa shape index (κ3) is 3.13. The van der Waals surface area contributed by atoms with E-state index in [2.05, 4.69) is 27.3 Å². The molecule has 0 saturated carbocycles. The lowest BCUT2D eigenvalue weighted by molar-refractivity contribution is 0.103. The van der Waals surface area contributed by atoms with Crippen molar-refractivity contribution in [3.05, 3.63) is 50.1 Å². The van der Waals surface area contributed by atoms with Crippen molar-refractivity contribution in [3.63, 3.8) is 0 Å². The molecule has 0 bridgehead atoms. The van der Waals surface area contributed by atoms with Crippen molar-refractivity contribution >= 4 is 38.9 Å². The van der Waals surface area contributed by atoms with Gasteiger partial charge in [-0.1, -0.05) is 22.4 Å². The fourth-order valence-electron chi connectivity index (χ4n) is 2.51. The van der Waals surface area contributed by atoms with Gasteiger partial charge in [0.25, 0.3) is 5.91 Å². The predicted molar refractivity (Wildman–Crippen MR) is 87.7 cm³/mol. The Morgan fingerprint density at radius 3 is 2.65 bits per heavy atom. The van der Waals surface area contributed by atoms with Crippen molar-refractivity contribution in [3.8, 4) is 0 Å². The lowest BCUT2D eigenvalue weighted by Gasteiger charge is -2.03. The van der Waals surface area contributed by atoms with Gasteiger partial charge in [-0.2, -0.15) is 0 Å². The van der Waals surface area contributed by atoms with Crippen LogP contribution in [-0.4, -0.2) is 5.91 Å². The summed E-state index contributed by atoms with van der Waals surface area (Å²) in [5, 5.41) is 2.96. The van der Waals surface area contributed by atoms with E-state index in [1.807, 2.05) is 24.3 Å². The lowest BCUT2D eigenvalue weighted by atomic mass is 10.1. The number of halogens is 1. The van der Waals surface area contributed by atoms with Crippen molar-refractivity contribution < 1.29 is 4.79 Å². The van der Waals surface area contributed by atoms with Crippen LogP contribution in [0.25, 0.3) is 0 Å². The summed E-state index contributed by atoms with van der Waals surface area (Å²) in [6.45, 7) is 0. The average molecular weight is 350 g/mol. The van der Waals surface area contributed by atoms with Crippen LogP contribution in [0.5, 0.6) is 0 Å². The smallest absolute Gasteiger partial charge is 0.265 e. The van der Waals surface area contributed by atoms with Gasteiger partial charge in [-0.25, -0.2) is 0 Å². The van der Waals surface area contributed by atoms with E-state index >= 15 is 0 Å². The lowest BCUT2D eigenvalue weighted by Crippen LogP contribution is -2.09. The van der Waals surface area contributed by atoms with E-state index in [-0.39, 0.29) is 5.91 Å². The number of benzene rings is 1. The maximum atomic E-state index is 12.3. The Bertz CT molecular complexity index is 594. The summed E-state index contributed by atoms with van der Waals surface area (Å²) in [6, 6.07) is 9.75. The zero-order chi connectivity index (χ0) is 13.9. The van der Waals surface area contributed by atoms with Gasteiger partial charge in [-0.3, -0.25) is 4.79 Å². The van der Waals surface area contributed by atoms with Crippen molar-refractivity contribution in [2.45, 2.75) is 32.1 Å². The van der Waals surface area contributed by atoms with Gasteiger partial charge in [0.05, 0.1) is 4.88 Å². The molecule has 1 amide bonds. The third-order valence-electron chi connectivity index (χ3n) is 3.57. The van der Waals surface area contributed by atoms with Crippen molar-refractivity contribution in [1.29, 1.82) is 0 Å². The minimum atomic E-state index is 0.00500. The number of carbonyl (C=O) groups excluding carboxylic acids is 1. The van der Waals surface area contributed by atoms with E-state index in [4.69, 9.17) is 0 Å². The fourth-order valence-corrected chi connectivity index (χ4v) is 3.92. The molecule has 1 heterocycles. The highest BCUT2D eigenvalue weighted by molar-refractivity contribution is 9.10. The number of nitrogens with one attached hydrogen (secondary N) is 1. The number of thiophene rings is 1. The standard InChI is InChI=1S/C16H16BrNOS/c17-12-6-8-13(9-7-12)18-16(19)15-10-11-4-2-1-3-5-14(11)20-15/h6-10H,1-5H2,(H,18,19). The summed E-state index contributed by atoms with van der Waals surface area (Å²) in [4.78, 5) is 14.5. The molecule has 1 aromatic heterocycles. The second kappa shape index (κ2) is 6.10. The highest BCUT2D eigenvalue weighted by Gasteiger charge is 2.16. The minimum absolute atomic E-state index is 0.00500. The Labute approximate surface area is 131 Å². The molecule has 1 aliphatic rings. The number of aryl methyl sites for hydroxylation is 2. The number of hydrogen-bond acceptors (Lipinski definition) is 2. The van der Waals surface area contributed by atoms with Crippen LogP contribution in [0.4, 0.5) is 5.69 Å². The van der Waals surface area contributed by atoms with E-state index < -0.39 is 0 Å². The van der Waals surface area contributed by atoms with Gasteiger partial charge < -0.3 is 5.32 Å². The molecule has 2 aromatic rings. The summed E-state index contributed by atoms with van der Waals surface area (Å²) >= 11 is 5.05. The van der Waals surface area contributed by atoms with Crippen LogP contribution >= 0.6 is 27.3 Å². The van der Waals surface area contributed by atoms with E-state index in [1.54, 1.807) is 11.3 Å². The second-order valence-corrected chi connectivity index (χ2v) is 7.13. The zero-order valence-corrected chi connectivity index (χ0v) is 13.5. The highest BCUT2D eigenvalue weighted by Crippen LogP contribution is 2.29. The largest absolute Gasteiger partial charge is 0.321 e. The Morgan fingerprint density at radius 2 is 1.85 bits per heavy atom. The number of hydrogen-bond donors (Lipinski definition) is 1. The number of amides is 1. The molecule has 1 aliphatic carbocycles. The summed E-state index contributed by atoms with van der Waals surface area (Å²) in [7, 11) is 0. The van der Waals surface area contributed by atoms with Crippen molar-refractivity contribution in [2.75, 3.05) is 5.32 Å². The van der Waals surface area contributed by atoms with Crippen molar-refractivity contribution in [2.24, 2.45) is 0 Å². The Hall–Kier alpha value is -1.13. The van der Waals surface area contributed by atoms with Gasteiger partial charge in [0.2, 0.25) is 0 Å². The van der Waals surface area contributed by atoms with Crippen LogP contribution in [0, 0.1) is 0 Å². The molecular weight excluding hydrogens is 334 g/mol. The van der Waals surface area contributed by atoms with Gasteiger partial charge in [0, 0.05) is 15.0 Å². The van der Waals surface area contributed by atoms with Gasteiger partial charge >= 0.3 is 0 Å². The molecule has 20 heavy (non-hydrogen) atoms. The monoisotopic (exact) mass is 349 g/mol. The van der Waals surface area contributed by atoms with E-state index in [0.29, 0.717) is 0 Å². The third-order valence-corrected chi connectivity index (χ3v) is 5.34. The number of rotatable bonds is 2. The Balaban J connectivity index is 1.75. The number of carbonyl (C=O) groups is 1. The van der Waals surface area contributed by atoms with E-state index in [1.165, 1.54) is 29.7 Å². The van der Waals surface area contributed by atoms with Crippen LogP contribution in [0.2, 0.25) is 0 Å². The molecule has 0 atom stereocenters. The molecule has 0 saturated heterocycles. The zero-order valence-electron chi connectivity index (χ0n) is 11.1. The molecule has 0 fully saturated rings. The summed E-state index contributed by atoms with van der Waals surface area (Å²) < 4.78 is 1.01. The van der Waals surface area contributed by atoms with Gasteiger partial charge in [0.15, 0.2) is 0 Å². The molecule has 0 spiro atoms. The minimum Gasteiger partial charge on any atom is -0.321 e. The molecule has 1 aromatic carbocycles. The molecule has 0 aliphatic heterocycles. The van der Waals surface area contributed by atoms with Crippen molar-refractivity contribution in [1.82, 2.24) is 0 Å². The normalized spacial score (nSPS) is 14.4. The molecule has 4 heteroatoms. The van der Waals surface area contributed by atoms with Crippen LogP contribution in [0.15, 0.2) is 34.8 Å². The first-order chi connectivity index (χ1) is 9.72. The molecule has 104 valence electrons. The van der Waals surface area contributed by atoms with Gasteiger partial charge in [-0.15, -0.1) is 11.3 Å². The predicted octanol–water partition coefficient (Wildman–Crippen LogP) is 5.03. The molecule has 2 nitrogen and oxygen atoms in total. The first-order valence-electron chi connectivity index (χ1n) is 6.91. The molecule has 1 N–H and O–H groups in total. The first kappa shape index (κ1) is 13.8. The SMILES string of the molecule is O=C(Nc1ccc(Br)cc1)c1cc2c(s1)CCCCC2. The van der Waals surface area contributed by atoms with E-state index in [9.17, 15) is 4.79 Å². The Kier molecular flexibility index (Phi) is 4.22. The maximum absolute atomic E-state index is 12.3. The molecule has 0 unspecified atom stereocenters. The summed E-state index contributed by atoms with van der Waals surface area (Å²) in [6.07, 6.45) is 6.06. The molecular formula is C16H16BrNOS. The van der Waals surface area contributed by atoms with Crippen LogP contribution in [0.1, 0.15) is 39.4 Å². The summed E-state index contributed by atoms with van der Waals surface area (Å²) in [5.41, 5.74) is 2.22. The second-order valence-electron chi connectivity index (χ2n) is 5.08. The first-order valence-corrected chi connectivity index (χ1v) is 8.52. The number of fused-ring (bicyclic) bond motifs is 1. The van der Waals surface area contributed by atoms with Gasteiger partial charge in [0.1, 0.15) is 0 Å². The molecule has 0 radical (unpaired) electrons. The fraction of sp³-hybridized carbons (Fsp3) is 0.312. The average Bonchev–Trinajstić information content (AvgIpc) is 2.73. The molecule has 3 rings (SSSR count). The number of anilines is 1. The Morgan fingerprint density at radius 1 is 1.10 bits per heavy atom. The quantitative estimate of drug-likeness (QED) is 0.756.